The number of anilines is 1. The number of benzene rings is 1. The van der Waals surface area contributed by atoms with Crippen LogP contribution in [0.25, 0.3) is 0 Å². The Hall–Kier alpha value is -1.35. The molecule has 0 bridgehead atoms. The van der Waals surface area contributed by atoms with Gasteiger partial charge in [0.25, 0.3) is 0 Å². The molecule has 1 aromatic carbocycles. The van der Waals surface area contributed by atoms with Gasteiger partial charge in [0.15, 0.2) is 0 Å². The highest BCUT2D eigenvalue weighted by atomic mass is 16.2. The lowest BCUT2D eigenvalue weighted by Crippen LogP contribution is -2.41. The van der Waals surface area contributed by atoms with Crippen LogP contribution < -0.4 is 10.6 Å². The number of hydrogen-bond acceptors (Lipinski definition) is 2. The number of nitrogens with zero attached hydrogens (tertiary/aromatic N) is 1. The molecule has 0 aliphatic carbocycles. The van der Waals surface area contributed by atoms with Gasteiger partial charge in [-0.3, -0.25) is 4.79 Å². The molecule has 1 amide bonds. The minimum Gasteiger partial charge on any atom is -0.322 e. The molecule has 0 saturated heterocycles. The number of amides is 1. The Morgan fingerprint density at radius 1 is 1.31 bits per heavy atom. The Morgan fingerprint density at radius 3 is 2.19 bits per heavy atom. The summed E-state index contributed by atoms with van der Waals surface area (Å²) in [5, 5.41) is 0. The van der Waals surface area contributed by atoms with E-state index in [1.54, 1.807) is 4.90 Å². The summed E-state index contributed by atoms with van der Waals surface area (Å²) in [4.78, 5) is 13.6. The second-order valence-corrected chi connectivity index (χ2v) is 4.30. The third-order valence-electron chi connectivity index (χ3n) is 2.64. The van der Waals surface area contributed by atoms with E-state index in [1.165, 1.54) is 0 Å². The zero-order valence-corrected chi connectivity index (χ0v) is 10.4. The summed E-state index contributed by atoms with van der Waals surface area (Å²) in [6.07, 6.45) is 0. The third-order valence-corrected chi connectivity index (χ3v) is 2.64. The molecule has 0 saturated carbocycles. The molecular weight excluding hydrogens is 200 g/mol. The summed E-state index contributed by atoms with van der Waals surface area (Å²) < 4.78 is 0. The molecular formula is C13H20N2O. The fourth-order valence-electron chi connectivity index (χ4n) is 1.95. The molecule has 0 aromatic heterocycles. The van der Waals surface area contributed by atoms with Crippen LogP contribution in [0.1, 0.15) is 25.0 Å². The van der Waals surface area contributed by atoms with Gasteiger partial charge in [0.2, 0.25) is 5.91 Å². The number of rotatable bonds is 3. The summed E-state index contributed by atoms with van der Waals surface area (Å²) in [5.74, 6) is -0.0348. The van der Waals surface area contributed by atoms with Crippen LogP contribution in [-0.2, 0) is 4.79 Å². The van der Waals surface area contributed by atoms with Crippen molar-refractivity contribution in [2.24, 2.45) is 5.73 Å². The van der Waals surface area contributed by atoms with Crippen LogP contribution in [0.3, 0.4) is 0 Å². The van der Waals surface area contributed by atoms with Crippen molar-refractivity contribution in [2.75, 3.05) is 11.4 Å². The standard InChI is InChI=1S/C13H20N2O/c1-9(2)15(12(16)8-14)13-10(3)6-5-7-11(13)4/h5-7,9H,8,14H2,1-4H3. The van der Waals surface area contributed by atoms with Crippen molar-refractivity contribution in [3.05, 3.63) is 29.3 Å². The van der Waals surface area contributed by atoms with E-state index in [-0.39, 0.29) is 18.5 Å². The molecule has 0 atom stereocenters. The topological polar surface area (TPSA) is 46.3 Å². The maximum atomic E-state index is 11.9. The van der Waals surface area contributed by atoms with Crippen LogP contribution in [0.5, 0.6) is 0 Å². The molecule has 3 heteroatoms. The lowest BCUT2D eigenvalue weighted by molar-refractivity contribution is -0.117. The maximum absolute atomic E-state index is 11.9. The Kier molecular flexibility index (Phi) is 4.07. The van der Waals surface area contributed by atoms with Gasteiger partial charge >= 0.3 is 0 Å². The van der Waals surface area contributed by atoms with Crippen LogP contribution >= 0.6 is 0 Å². The van der Waals surface area contributed by atoms with E-state index >= 15 is 0 Å². The molecule has 0 fully saturated rings. The fourth-order valence-corrected chi connectivity index (χ4v) is 1.95. The second-order valence-electron chi connectivity index (χ2n) is 4.30. The van der Waals surface area contributed by atoms with Gasteiger partial charge in [0, 0.05) is 11.7 Å². The van der Waals surface area contributed by atoms with Gasteiger partial charge in [0.05, 0.1) is 6.54 Å². The molecule has 88 valence electrons. The molecule has 0 heterocycles. The molecule has 2 N–H and O–H groups in total. The number of hydrogen-bond donors (Lipinski definition) is 1. The first-order chi connectivity index (χ1) is 7.49. The minimum absolute atomic E-state index is 0.0348. The smallest absolute Gasteiger partial charge is 0.240 e. The summed E-state index contributed by atoms with van der Waals surface area (Å²) in [5.41, 5.74) is 8.66. The molecule has 0 spiro atoms. The van der Waals surface area contributed by atoms with E-state index in [0.29, 0.717) is 0 Å². The molecule has 1 aromatic rings. The van der Waals surface area contributed by atoms with Crippen LogP contribution in [0, 0.1) is 13.8 Å². The quantitative estimate of drug-likeness (QED) is 0.847. The van der Waals surface area contributed by atoms with Crippen molar-refractivity contribution in [2.45, 2.75) is 33.7 Å². The van der Waals surface area contributed by atoms with Crippen molar-refractivity contribution in [3.8, 4) is 0 Å². The van der Waals surface area contributed by atoms with Crippen LogP contribution in [-0.4, -0.2) is 18.5 Å². The van der Waals surface area contributed by atoms with Gasteiger partial charge in [-0.05, 0) is 38.8 Å². The van der Waals surface area contributed by atoms with Crippen molar-refractivity contribution < 1.29 is 4.79 Å². The molecule has 3 nitrogen and oxygen atoms in total. The highest BCUT2D eigenvalue weighted by Crippen LogP contribution is 2.26. The van der Waals surface area contributed by atoms with Crippen molar-refractivity contribution in [1.82, 2.24) is 0 Å². The van der Waals surface area contributed by atoms with Crippen molar-refractivity contribution in [3.63, 3.8) is 0 Å². The normalized spacial score (nSPS) is 10.6. The third kappa shape index (κ3) is 2.42. The maximum Gasteiger partial charge on any atom is 0.240 e. The van der Waals surface area contributed by atoms with E-state index in [1.807, 2.05) is 45.9 Å². The summed E-state index contributed by atoms with van der Waals surface area (Å²) >= 11 is 0. The molecule has 1 rings (SSSR count). The first-order valence-corrected chi connectivity index (χ1v) is 5.57. The van der Waals surface area contributed by atoms with Gasteiger partial charge in [0.1, 0.15) is 0 Å². The predicted molar refractivity (Wildman–Crippen MR) is 67.6 cm³/mol. The van der Waals surface area contributed by atoms with Gasteiger partial charge < -0.3 is 10.6 Å². The number of carbonyl (C=O) groups is 1. The predicted octanol–water partition coefficient (Wildman–Crippen LogP) is 2.00. The Labute approximate surface area is 97.2 Å². The van der Waals surface area contributed by atoms with Crippen LogP contribution in [0.2, 0.25) is 0 Å². The van der Waals surface area contributed by atoms with E-state index in [4.69, 9.17) is 5.73 Å². The number of aryl methyl sites for hydroxylation is 2. The lowest BCUT2D eigenvalue weighted by Gasteiger charge is -2.29. The van der Waals surface area contributed by atoms with E-state index in [9.17, 15) is 4.79 Å². The largest absolute Gasteiger partial charge is 0.322 e. The van der Waals surface area contributed by atoms with E-state index in [0.717, 1.165) is 16.8 Å². The van der Waals surface area contributed by atoms with E-state index < -0.39 is 0 Å². The summed E-state index contributed by atoms with van der Waals surface area (Å²) in [7, 11) is 0. The molecule has 0 unspecified atom stereocenters. The average Bonchev–Trinajstić information content (AvgIpc) is 2.22. The minimum atomic E-state index is -0.0348. The van der Waals surface area contributed by atoms with Gasteiger partial charge in [-0.25, -0.2) is 0 Å². The van der Waals surface area contributed by atoms with Gasteiger partial charge in [-0.15, -0.1) is 0 Å². The zero-order chi connectivity index (χ0) is 12.3. The lowest BCUT2D eigenvalue weighted by atomic mass is 10.1. The highest BCUT2D eigenvalue weighted by Gasteiger charge is 2.20. The van der Waals surface area contributed by atoms with Gasteiger partial charge in [-0.2, -0.15) is 0 Å². The molecule has 0 aliphatic heterocycles. The van der Waals surface area contributed by atoms with Crippen molar-refractivity contribution >= 4 is 11.6 Å². The monoisotopic (exact) mass is 220 g/mol. The van der Waals surface area contributed by atoms with Crippen LogP contribution in [0.4, 0.5) is 5.69 Å². The molecule has 16 heavy (non-hydrogen) atoms. The average molecular weight is 220 g/mol. The Balaban J connectivity index is 3.26. The number of para-hydroxylation sites is 1. The Bertz CT molecular complexity index is 365. The summed E-state index contributed by atoms with van der Waals surface area (Å²) in [6.45, 7) is 8.08. The Morgan fingerprint density at radius 2 is 1.81 bits per heavy atom. The van der Waals surface area contributed by atoms with Crippen LogP contribution in [0.15, 0.2) is 18.2 Å². The SMILES string of the molecule is Cc1cccc(C)c1N(C(=O)CN)C(C)C. The number of carbonyl (C=O) groups excluding carboxylic acids is 1. The summed E-state index contributed by atoms with van der Waals surface area (Å²) in [6, 6.07) is 6.15. The first kappa shape index (κ1) is 12.7. The first-order valence-electron chi connectivity index (χ1n) is 5.57. The molecule has 0 radical (unpaired) electrons. The zero-order valence-electron chi connectivity index (χ0n) is 10.4. The fraction of sp³-hybridized carbons (Fsp3) is 0.462. The molecule has 0 aliphatic rings. The van der Waals surface area contributed by atoms with Crippen molar-refractivity contribution in [1.29, 1.82) is 0 Å². The van der Waals surface area contributed by atoms with Gasteiger partial charge in [-0.1, -0.05) is 18.2 Å². The second kappa shape index (κ2) is 5.12. The van der Waals surface area contributed by atoms with E-state index in [2.05, 4.69) is 0 Å². The number of nitrogens with two attached hydrogens (primary N) is 1. The highest BCUT2D eigenvalue weighted by molar-refractivity contribution is 5.96.